The Morgan fingerprint density at radius 1 is 0.500 bits per heavy atom. The molecule has 0 aliphatic rings. The fourth-order valence-corrected chi connectivity index (χ4v) is 0.428. The summed E-state index contributed by atoms with van der Waals surface area (Å²) in [6.45, 7) is 6.00. The fraction of sp³-hybridized carbons (Fsp3) is 0.400. The topological polar surface area (TPSA) is 219 Å². The van der Waals surface area contributed by atoms with E-state index in [2.05, 4.69) is 13.2 Å². The second-order valence-electron chi connectivity index (χ2n) is 2.57. The molecule has 14 heteroatoms. The Hall–Kier alpha value is 1.54. The summed E-state index contributed by atoms with van der Waals surface area (Å²) in [5.74, 6) is -4.31. The van der Waals surface area contributed by atoms with E-state index in [1.165, 1.54) is 0 Å². The Labute approximate surface area is 229 Å². The molecule has 0 bridgehead atoms. The van der Waals surface area contributed by atoms with E-state index in [0.717, 1.165) is 0 Å². The van der Waals surface area contributed by atoms with Crippen LogP contribution in [0.15, 0.2) is 13.2 Å². The molecule has 10 N–H and O–H groups in total. The molecule has 0 fully saturated rings. The van der Waals surface area contributed by atoms with Crippen molar-refractivity contribution >= 4 is 142 Å². The molecule has 0 rings (SSSR count). The van der Waals surface area contributed by atoms with E-state index in [0.29, 0.717) is 0 Å². The number of hydrogen-bond donors (Lipinski definition) is 6. The molecule has 10 nitrogen and oxygen atoms in total. The van der Waals surface area contributed by atoms with E-state index in [-0.39, 0.29) is 156 Å². The van der Waals surface area contributed by atoms with Crippen LogP contribution in [-0.2, 0) is 19.2 Å². The van der Waals surface area contributed by atoms with Crippen molar-refractivity contribution in [1.29, 1.82) is 0 Å². The predicted molar refractivity (Wildman–Crippen MR) is 98.9 cm³/mol. The zero-order valence-corrected chi connectivity index (χ0v) is 11.1. The quantitative estimate of drug-likeness (QED) is 0.224. The van der Waals surface area contributed by atoms with Gasteiger partial charge < -0.3 is 32.7 Å². The standard InChI is InChI=1S/2C4H6O4.C2H4.2H3N.4Na.4H/c2*5-3(6)1-2-4(7)8;1-2;;;;;;;;;;/h2*1-2H2,(H,5,6)(H,7,8);1-2H2;2*1H3;;;;;;;;. The normalized spacial score (nSPS) is 5.83. The van der Waals surface area contributed by atoms with E-state index >= 15 is 0 Å². The summed E-state index contributed by atoms with van der Waals surface area (Å²) in [6, 6.07) is 0. The van der Waals surface area contributed by atoms with E-state index in [9.17, 15) is 19.2 Å². The summed E-state index contributed by atoms with van der Waals surface area (Å²) in [6.07, 6.45) is -1.19. The van der Waals surface area contributed by atoms with Gasteiger partial charge in [-0.3, -0.25) is 19.2 Å². The average molecular weight is 394 g/mol. The SMILES string of the molecule is C=C.N.N.O=C(O)CCC(=O)O.O=C(O)CCC(=O)O.[NaH].[NaH].[NaH].[NaH]. The molecule has 0 aliphatic carbocycles. The Morgan fingerprint density at radius 3 is 0.625 bits per heavy atom. The van der Waals surface area contributed by atoms with Gasteiger partial charge in [-0.2, -0.15) is 0 Å². The van der Waals surface area contributed by atoms with Gasteiger partial charge in [0.1, 0.15) is 0 Å². The first-order valence-electron chi connectivity index (χ1n) is 4.63. The average Bonchev–Trinajstić information content (AvgIpc) is 2.27. The first-order chi connectivity index (χ1) is 8.25. The molecule has 128 valence electrons. The number of aliphatic carboxylic acids is 4. The van der Waals surface area contributed by atoms with Crippen LogP contribution in [0.1, 0.15) is 25.7 Å². The van der Waals surface area contributed by atoms with Crippen molar-refractivity contribution in [2.45, 2.75) is 25.7 Å². The summed E-state index contributed by atoms with van der Waals surface area (Å²) in [5.41, 5.74) is 0. The molecular formula is C10H26N2Na4O8. The van der Waals surface area contributed by atoms with Gasteiger partial charge >= 0.3 is 142 Å². The van der Waals surface area contributed by atoms with Crippen LogP contribution in [0.4, 0.5) is 0 Å². The Bertz CT molecular complexity index is 253. The van der Waals surface area contributed by atoms with Crippen molar-refractivity contribution in [3.8, 4) is 0 Å². The Morgan fingerprint density at radius 2 is 0.583 bits per heavy atom. The van der Waals surface area contributed by atoms with Crippen LogP contribution in [0.25, 0.3) is 0 Å². The molecule has 0 aromatic heterocycles. The molecule has 24 heavy (non-hydrogen) atoms. The van der Waals surface area contributed by atoms with Crippen molar-refractivity contribution in [2.75, 3.05) is 0 Å². The number of carboxylic acids is 4. The number of hydrogen-bond acceptors (Lipinski definition) is 6. The predicted octanol–water partition coefficient (Wildman–Crippen LogP) is -1.60. The maximum absolute atomic E-state index is 9.64. The van der Waals surface area contributed by atoms with Gasteiger partial charge in [-0.15, -0.1) is 13.2 Å². The van der Waals surface area contributed by atoms with Crippen molar-refractivity contribution in [1.82, 2.24) is 12.3 Å². The van der Waals surface area contributed by atoms with Crippen molar-refractivity contribution in [3.63, 3.8) is 0 Å². The van der Waals surface area contributed by atoms with Gasteiger partial charge in [0.25, 0.3) is 0 Å². The molecular weight excluding hydrogens is 368 g/mol. The van der Waals surface area contributed by atoms with Gasteiger partial charge in [0, 0.05) is 0 Å². The molecule has 0 aromatic rings. The molecule has 0 saturated heterocycles. The first-order valence-corrected chi connectivity index (χ1v) is 4.63. The minimum absolute atomic E-state index is 0. The monoisotopic (exact) mass is 394 g/mol. The second-order valence-corrected chi connectivity index (χ2v) is 2.57. The molecule has 0 aromatic carbocycles. The third kappa shape index (κ3) is 89.8. The third-order valence-corrected chi connectivity index (χ3v) is 1.11. The van der Waals surface area contributed by atoms with Gasteiger partial charge in [0.2, 0.25) is 0 Å². The van der Waals surface area contributed by atoms with Crippen LogP contribution >= 0.6 is 0 Å². The summed E-state index contributed by atoms with van der Waals surface area (Å²) in [7, 11) is 0. The van der Waals surface area contributed by atoms with Gasteiger partial charge in [-0.25, -0.2) is 0 Å². The van der Waals surface area contributed by atoms with Crippen molar-refractivity contribution < 1.29 is 39.6 Å². The molecule has 0 saturated carbocycles. The molecule has 0 unspecified atom stereocenters. The van der Waals surface area contributed by atoms with Crippen molar-refractivity contribution in [2.24, 2.45) is 0 Å². The molecule has 0 aliphatic heterocycles. The van der Waals surface area contributed by atoms with Crippen LogP contribution in [0.3, 0.4) is 0 Å². The molecule has 0 amide bonds. The fourth-order valence-electron chi connectivity index (χ4n) is 0.428. The minimum atomic E-state index is -1.08. The first kappa shape index (κ1) is 56.2. The van der Waals surface area contributed by atoms with Crippen molar-refractivity contribution in [3.05, 3.63) is 13.2 Å². The van der Waals surface area contributed by atoms with Gasteiger partial charge in [0.05, 0.1) is 25.7 Å². The summed E-state index contributed by atoms with van der Waals surface area (Å²) < 4.78 is 0. The molecule has 0 atom stereocenters. The van der Waals surface area contributed by atoms with Crippen LogP contribution in [0, 0.1) is 0 Å². The van der Waals surface area contributed by atoms with Gasteiger partial charge in [0.15, 0.2) is 0 Å². The van der Waals surface area contributed by atoms with Gasteiger partial charge in [-0.05, 0) is 0 Å². The number of carboxylic acid groups (broad SMARTS) is 4. The zero-order chi connectivity index (χ0) is 15.1. The molecule has 0 spiro atoms. The number of rotatable bonds is 6. The van der Waals surface area contributed by atoms with E-state index in [1.54, 1.807) is 0 Å². The summed E-state index contributed by atoms with van der Waals surface area (Å²) >= 11 is 0. The summed E-state index contributed by atoms with van der Waals surface area (Å²) in [4.78, 5) is 38.6. The summed E-state index contributed by atoms with van der Waals surface area (Å²) in [5, 5.41) is 31.6. The van der Waals surface area contributed by atoms with Crippen LogP contribution in [0.5, 0.6) is 0 Å². The van der Waals surface area contributed by atoms with Crippen LogP contribution in [-0.4, -0.2) is 163 Å². The van der Waals surface area contributed by atoms with E-state index in [4.69, 9.17) is 20.4 Å². The zero-order valence-electron chi connectivity index (χ0n) is 11.1. The third-order valence-electron chi connectivity index (χ3n) is 1.11. The Kier molecular flexibility index (Phi) is 104. The van der Waals surface area contributed by atoms with E-state index < -0.39 is 23.9 Å². The molecule has 0 radical (unpaired) electrons. The molecule has 0 heterocycles. The second kappa shape index (κ2) is 44.2. The number of carbonyl (C=O) groups is 4. The van der Waals surface area contributed by atoms with Crippen LogP contribution in [0.2, 0.25) is 0 Å². The van der Waals surface area contributed by atoms with Crippen LogP contribution < -0.4 is 12.3 Å². The Balaban J connectivity index is -0.0000000197. The van der Waals surface area contributed by atoms with Gasteiger partial charge in [-0.1, -0.05) is 0 Å². The maximum atomic E-state index is 9.64. The van der Waals surface area contributed by atoms with E-state index in [1.807, 2.05) is 0 Å².